The summed E-state index contributed by atoms with van der Waals surface area (Å²) in [6.45, 7) is 3.45. The molecule has 4 heteroatoms. The molecule has 0 aliphatic carbocycles. The smallest absolute Gasteiger partial charge is 0.169 e. The number of hydrogen-bond donors (Lipinski definition) is 2. The second-order valence-corrected chi connectivity index (χ2v) is 3.20. The van der Waals surface area contributed by atoms with Gasteiger partial charge in [-0.15, -0.1) is 12.6 Å². The Morgan fingerprint density at radius 3 is 3.33 bits per heavy atom. The van der Waals surface area contributed by atoms with E-state index in [0.717, 1.165) is 28.7 Å². The van der Waals surface area contributed by atoms with E-state index in [0.29, 0.717) is 6.61 Å². The number of fused-ring (bicyclic) bond motifs is 1. The Hall–Kier alpha value is -0.900. The first kappa shape index (κ1) is 7.73. The van der Waals surface area contributed by atoms with Crippen molar-refractivity contribution >= 4 is 18.4 Å². The molecule has 0 saturated heterocycles. The first-order valence-electron chi connectivity index (χ1n) is 3.84. The van der Waals surface area contributed by atoms with Crippen LogP contribution in [-0.2, 0) is 0 Å². The molecule has 1 aliphatic heterocycles. The molecule has 0 saturated carbocycles. The molecule has 0 spiro atoms. The van der Waals surface area contributed by atoms with Gasteiger partial charge >= 0.3 is 0 Å². The number of aromatic nitrogens is 1. The zero-order valence-corrected chi connectivity index (χ0v) is 7.69. The molecule has 0 fully saturated rings. The highest BCUT2D eigenvalue weighted by Crippen LogP contribution is 2.28. The van der Waals surface area contributed by atoms with E-state index in [4.69, 9.17) is 4.74 Å². The van der Waals surface area contributed by atoms with Crippen molar-refractivity contribution in [1.29, 1.82) is 0 Å². The molecule has 64 valence electrons. The second kappa shape index (κ2) is 2.86. The SMILES string of the molecule is Cc1nc2c(cc1S)OCCN2. The van der Waals surface area contributed by atoms with Crippen molar-refractivity contribution in [3.63, 3.8) is 0 Å². The predicted molar refractivity (Wildman–Crippen MR) is 50.2 cm³/mol. The monoisotopic (exact) mass is 182 g/mol. The lowest BCUT2D eigenvalue weighted by Gasteiger charge is -2.18. The summed E-state index contributed by atoms with van der Waals surface area (Å²) in [5.41, 5.74) is 0.926. The number of pyridine rings is 1. The number of hydrogen-bond acceptors (Lipinski definition) is 4. The number of anilines is 1. The molecule has 1 aromatic rings. The number of nitrogens with zero attached hydrogens (tertiary/aromatic N) is 1. The van der Waals surface area contributed by atoms with Crippen LogP contribution in [0.1, 0.15) is 5.69 Å². The summed E-state index contributed by atoms with van der Waals surface area (Å²) in [5, 5.41) is 3.16. The van der Waals surface area contributed by atoms with Crippen molar-refractivity contribution < 1.29 is 4.74 Å². The Labute approximate surface area is 76.6 Å². The highest BCUT2D eigenvalue weighted by molar-refractivity contribution is 7.80. The fourth-order valence-electron chi connectivity index (χ4n) is 1.14. The summed E-state index contributed by atoms with van der Waals surface area (Å²) in [4.78, 5) is 5.17. The molecule has 0 aromatic carbocycles. The molecule has 0 unspecified atom stereocenters. The quantitative estimate of drug-likeness (QED) is 0.596. The minimum atomic E-state index is 0.699. The summed E-state index contributed by atoms with van der Waals surface area (Å²) < 4.78 is 5.39. The van der Waals surface area contributed by atoms with Crippen molar-refractivity contribution in [3.8, 4) is 5.75 Å². The normalized spacial score (nSPS) is 14.5. The second-order valence-electron chi connectivity index (χ2n) is 2.71. The van der Waals surface area contributed by atoms with Gasteiger partial charge in [0.05, 0.1) is 12.2 Å². The van der Waals surface area contributed by atoms with Gasteiger partial charge in [-0.25, -0.2) is 4.98 Å². The minimum absolute atomic E-state index is 0.699. The van der Waals surface area contributed by atoms with Crippen LogP contribution in [0, 0.1) is 6.92 Å². The molecule has 1 N–H and O–H groups in total. The van der Waals surface area contributed by atoms with Gasteiger partial charge in [-0.05, 0) is 13.0 Å². The maximum absolute atomic E-state index is 5.39. The summed E-state index contributed by atoms with van der Waals surface area (Å²) in [6, 6.07) is 1.90. The van der Waals surface area contributed by atoms with E-state index >= 15 is 0 Å². The summed E-state index contributed by atoms with van der Waals surface area (Å²) in [7, 11) is 0. The number of ether oxygens (including phenoxy) is 1. The molecule has 1 aliphatic rings. The van der Waals surface area contributed by atoms with E-state index in [1.165, 1.54) is 0 Å². The van der Waals surface area contributed by atoms with Gasteiger partial charge in [-0.1, -0.05) is 0 Å². The van der Waals surface area contributed by atoms with E-state index in [1.807, 2.05) is 13.0 Å². The zero-order chi connectivity index (χ0) is 8.55. The topological polar surface area (TPSA) is 34.1 Å². The lowest BCUT2D eigenvalue weighted by molar-refractivity contribution is 0.320. The number of aryl methyl sites for hydroxylation is 1. The van der Waals surface area contributed by atoms with Crippen LogP contribution in [0.25, 0.3) is 0 Å². The van der Waals surface area contributed by atoms with Gasteiger partial charge in [0.15, 0.2) is 11.6 Å². The molecular formula is C8H10N2OS. The highest BCUT2D eigenvalue weighted by atomic mass is 32.1. The Balaban J connectivity index is 2.49. The standard InChI is InChI=1S/C8H10N2OS/c1-5-7(12)4-6-8(10-5)9-2-3-11-6/h4,12H,2-3H2,1H3,(H,9,10). The fourth-order valence-corrected chi connectivity index (χ4v) is 1.31. The summed E-state index contributed by atoms with van der Waals surface area (Å²) in [5.74, 6) is 1.63. The van der Waals surface area contributed by atoms with Crippen LogP contribution in [0.2, 0.25) is 0 Å². The molecule has 1 aromatic heterocycles. The Morgan fingerprint density at radius 1 is 1.67 bits per heavy atom. The maximum Gasteiger partial charge on any atom is 0.169 e. The molecule has 2 rings (SSSR count). The van der Waals surface area contributed by atoms with Crippen molar-refractivity contribution in [3.05, 3.63) is 11.8 Å². The first-order valence-corrected chi connectivity index (χ1v) is 4.29. The van der Waals surface area contributed by atoms with E-state index in [1.54, 1.807) is 0 Å². The number of nitrogens with one attached hydrogen (secondary N) is 1. The van der Waals surface area contributed by atoms with E-state index in [-0.39, 0.29) is 0 Å². The Kier molecular flexibility index (Phi) is 1.84. The van der Waals surface area contributed by atoms with Gasteiger partial charge in [0.2, 0.25) is 0 Å². The molecule has 0 atom stereocenters. The van der Waals surface area contributed by atoms with Crippen LogP contribution in [-0.4, -0.2) is 18.1 Å². The lowest BCUT2D eigenvalue weighted by Crippen LogP contribution is -2.19. The zero-order valence-electron chi connectivity index (χ0n) is 6.79. The van der Waals surface area contributed by atoms with Gasteiger partial charge in [0.25, 0.3) is 0 Å². The average molecular weight is 182 g/mol. The van der Waals surface area contributed by atoms with Crippen molar-refractivity contribution in [2.45, 2.75) is 11.8 Å². The van der Waals surface area contributed by atoms with Crippen molar-refractivity contribution in [1.82, 2.24) is 4.98 Å². The highest BCUT2D eigenvalue weighted by Gasteiger charge is 2.11. The van der Waals surface area contributed by atoms with Crippen LogP contribution < -0.4 is 10.1 Å². The molecule has 0 radical (unpaired) electrons. The third kappa shape index (κ3) is 1.22. The van der Waals surface area contributed by atoms with E-state index in [2.05, 4.69) is 22.9 Å². The van der Waals surface area contributed by atoms with Gasteiger partial charge in [0, 0.05) is 4.90 Å². The molecule has 3 nitrogen and oxygen atoms in total. The van der Waals surface area contributed by atoms with Gasteiger partial charge < -0.3 is 10.1 Å². The molecule has 2 heterocycles. The van der Waals surface area contributed by atoms with Gasteiger partial charge in [0.1, 0.15) is 6.61 Å². The average Bonchev–Trinajstić information content (AvgIpc) is 2.07. The third-order valence-corrected chi connectivity index (χ3v) is 2.26. The summed E-state index contributed by atoms with van der Waals surface area (Å²) >= 11 is 4.26. The number of thiol groups is 1. The largest absolute Gasteiger partial charge is 0.488 e. The predicted octanol–water partition coefficient (Wildman–Crippen LogP) is 1.48. The van der Waals surface area contributed by atoms with Crippen LogP contribution in [0.15, 0.2) is 11.0 Å². The van der Waals surface area contributed by atoms with Crippen LogP contribution >= 0.6 is 12.6 Å². The first-order chi connectivity index (χ1) is 5.77. The number of rotatable bonds is 0. The van der Waals surface area contributed by atoms with Crippen LogP contribution in [0.4, 0.5) is 5.82 Å². The van der Waals surface area contributed by atoms with Crippen LogP contribution in [0.3, 0.4) is 0 Å². The third-order valence-electron chi connectivity index (χ3n) is 1.80. The molecule has 0 bridgehead atoms. The Bertz CT molecular complexity index is 283. The minimum Gasteiger partial charge on any atom is -0.488 e. The van der Waals surface area contributed by atoms with Crippen molar-refractivity contribution in [2.24, 2.45) is 0 Å². The van der Waals surface area contributed by atoms with Crippen molar-refractivity contribution in [2.75, 3.05) is 18.5 Å². The summed E-state index contributed by atoms with van der Waals surface area (Å²) in [6.07, 6.45) is 0. The Morgan fingerprint density at radius 2 is 2.50 bits per heavy atom. The van der Waals surface area contributed by atoms with E-state index < -0.39 is 0 Å². The van der Waals surface area contributed by atoms with Gasteiger partial charge in [-0.2, -0.15) is 0 Å². The fraction of sp³-hybridized carbons (Fsp3) is 0.375. The molecule has 12 heavy (non-hydrogen) atoms. The van der Waals surface area contributed by atoms with Gasteiger partial charge in [-0.3, -0.25) is 0 Å². The van der Waals surface area contributed by atoms with Crippen LogP contribution in [0.5, 0.6) is 5.75 Å². The molecule has 0 amide bonds. The molecular weight excluding hydrogens is 172 g/mol. The van der Waals surface area contributed by atoms with E-state index in [9.17, 15) is 0 Å². The maximum atomic E-state index is 5.39. The lowest BCUT2D eigenvalue weighted by atomic mass is 10.3.